The zero-order chi connectivity index (χ0) is 12.3. The van der Waals surface area contributed by atoms with E-state index in [-0.39, 0.29) is 11.9 Å². The molecule has 0 aliphatic carbocycles. The van der Waals surface area contributed by atoms with Crippen molar-refractivity contribution in [1.82, 2.24) is 4.90 Å². The zero-order valence-corrected chi connectivity index (χ0v) is 9.58. The van der Waals surface area contributed by atoms with Crippen LogP contribution in [0.15, 0.2) is 29.4 Å². The van der Waals surface area contributed by atoms with Crippen LogP contribution in [0.2, 0.25) is 0 Å². The van der Waals surface area contributed by atoms with Gasteiger partial charge in [0.1, 0.15) is 0 Å². The molecule has 1 aromatic rings. The number of likely N-dealkylation sites (tertiary alicyclic amines) is 1. The Kier molecular flexibility index (Phi) is 3.61. The van der Waals surface area contributed by atoms with E-state index in [9.17, 15) is 5.11 Å². The van der Waals surface area contributed by atoms with Gasteiger partial charge in [-0.2, -0.15) is 0 Å². The molecule has 1 aliphatic heterocycles. The van der Waals surface area contributed by atoms with Gasteiger partial charge in [-0.05, 0) is 12.0 Å². The summed E-state index contributed by atoms with van der Waals surface area (Å²) in [6, 6.07) is 7.57. The zero-order valence-electron chi connectivity index (χ0n) is 9.58. The minimum Gasteiger partial charge on any atom is -0.409 e. The molecule has 92 valence electrons. The van der Waals surface area contributed by atoms with Crippen LogP contribution in [0.3, 0.4) is 0 Å². The van der Waals surface area contributed by atoms with Gasteiger partial charge in [-0.15, -0.1) is 0 Å². The highest BCUT2D eigenvalue weighted by Gasteiger charge is 2.19. The van der Waals surface area contributed by atoms with Gasteiger partial charge >= 0.3 is 0 Å². The molecular formula is C12H17N3O2. The summed E-state index contributed by atoms with van der Waals surface area (Å²) in [6.45, 7) is 2.50. The number of benzene rings is 1. The molecule has 1 aliphatic rings. The van der Waals surface area contributed by atoms with Crippen molar-refractivity contribution in [2.24, 2.45) is 10.9 Å². The summed E-state index contributed by atoms with van der Waals surface area (Å²) in [5.74, 6) is 0.119. The monoisotopic (exact) mass is 235 g/mol. The van der Waals surface area contributed by atoms with E-state index in [0.717, 1.165) is 31.6 Å². The lowest BCUT2D eigenvalue weighted by molar-refractivity contribution is 0.175. The Bertz CT molecular complexity index is 403. The van der Waals surface area contributed by atoms with Crippen molar-refractivity contribution < 1.29 is 10.3 Å². The Morgan fingerprint density at radius 1 is 1.41 bits per heavy atom. The van der Waals surface area contributed by atoms with E-state index >= 15 is 0 Å². The summed E-state index contributed by atoms with van der Waals surface area (Å²) < 4.78 is 0. The molecule has 4 N–H and O–H groups in total. The summed E-state index contributed by atoms with van der Waals surface area (Å²) in [7, 11) is 0. The van der Waals surface area contributed by atoms with Gasteiger partial charge in [-0.1, -0.05) is 29.4 Å². The number of aliphatic hydroxyl groups is 1. The molecule has 1 heterocycles. The van der Waals surface area contributed by atoms with Gasteiger partial charge in [0.05, 0.1) is 6.10 Å². The number of aliphatic hydroxyl groups excluding tert-OH is 1. The summed E-state index contributed by atoms with van der Waals surface area (Å²) in [4.78, 5) is 2.21. The maximum atomic E-state index is 9.42. The van der Waals surface area contributed by atoms with Crippen molar-refractivity contribution >= 4 is 5.84 Å². The minimum absolute atomic E-state index is 0.119. The van der Waals surface area contributed by atoms with Crippen LogP contribution in [0.25, 0.3) is 0 Å². The van der Waals surface area contributed by atoms with Crippen LogP contribution in [0, 0.1) is 0 Å². The van der Waals surface area contributed by atoms with Gasteiger partial charge in [0, 0.05) is 25.2 Å². The van der Waals surface area contributed by atoms with Crippen molar-refractivity contribution in [3.05, 3.63) is 35.4 Å². The first-order valence-corrected chi connectivity index (χ1v) is 5.66. The number of rotatable bonds is 3. The summed E-state index contributed by atoms with van der Waals surface area (Å²) in [5, 5.41) is 20.9. The summed E-state index contributed by atoms with van der Waals surface area (Å²) in [6.07, 6.45) is 0.661. The minimum atomic E-state index is -0.188. The normalized spacial score (nSPS) is 21.9. The molecule has 1 fully saturated rings. The van der Waals surface area contributed by atoms with E-state index < -0.39 is 0 Å². The first-order chi connectivity index (χ1) is 8.19. The Morgan fingerprint density at radius 2 is 2.12 bits per heavy atom. The number of amidine groups is 1. The Balaban J connectivity index is 1.99. The van der Waals surface area contributed by atoms with E-state index in [1.807, 2.05) is 24.3 Å². The molecule has 17 heavy (non-hydrogen) atoms. The molecule has 2 rings (SSSR count). The van der Waals surface area contributed by atoms with Crippen LogP contribution in [0.5, 0.6) is 0 Å². The van der Waals surface area contributed by atoms with E-state index in [1.165, 1.54) is 0 Å². The highest BCUT2D eigenvalue weighted by Crippen LogP contribution is 2.13. The lowest BCUT2D eigenvalue weighted by Gasteiger charge is -2.14. The van der Waals surface area contributed by atoms with Crippen molar-refractivity contribution in [3.63, 3.8) is 0 Å². The van der Waals surface area contributed by atoms with Crippen LogP contribution < -0.4 is 5.73 Å². The third-order valence-electron chi connectivity index (χ3n) is 3.01. The third-order valence-corrected chi connectivity index (χ3v) is 3.01. The SMILES string of the molecule is NC(=NO)c1ccc(CN2CCC(O)C2)cc1. The van der Waals surface area contributed by atoms with Crippen LogP contribution in [-0.2, 0) is 6.54 Å². The second-order valence-electron chi connectivity index (χ2n) is 4.36. The molecule has 0 spiro atoms. The molecule has 0 radical (unpaired) electrons. The fourth-order valence-electron chi connectivity index (χ4n) is 2.05. The molecule has 0 aromatic heterocycles. The number of nitrogens with two attached hydrogens (primary N) is 1. The predicted molar refractivity (Wildman–Crippen MR) is 64.9 cm³/mol. The van der Waals surface area contributed by atoms with Crippen molar-refractivity contribution in [2.45, 2.75) is 19.1 Å². The number of hydrogen-bond acceptors (Lipinski definition) is 4. The molecule has 0 saturated carbocycles. The number of β-amino-alcohol motifs (C(OH)–C–C–N with tert-alkyl or cyclic N) is 1. The fraction of sp³-hybridized carbons (Fsp3) is 0.417. The molecule has 1 aromatic carbocycles. The van der Waals surface area contributed by atoms with Crippen LogP contribution in [0.4, 0.5) is 0 Å². The highest BCUT2D eigenvalue weighted by atomic mass is 16.4. The second-order valence-corrected chi connectivity index (χ2v) is 4.36. The number of oxime groups is 1. The van der Waals surface area contributed by atoms with Crippen LogP contribution >= 0.6 is 0 Å². The average molecular weight is 235 g/mol. The lowest BCUT2D eigenvalue weighted by Crippen LogP contribution is -2.21. The molecule has 1 atom stereocenters. The van der Waals surface area contributed by atoms with Gasteiger partial charge in [0.25, 0.3) is 0 Å². The van der Waals surface area contributed by atoms with Crippen molar-refractivity contribution in [1.29, 1.82) is 0 Å². The van der Waals surface area contributed by atoms with Gasteiger partial charge in [0.2, 0.25) is 0 Å². The molecule has 1 unspecified atom stereocenters. The predicted octanol–water partition coefficient (Wildman–Crippen LogP) is 0.348. The van der Waals surface area contributed by atoms with Gasteiger partial charge < -0.3 is 16.0 Å². The summed E-state index contributed by atoms with van der Waals surface area (Å²) in [5.41, 5.74) is 7.35. The first kappa shape index (κ1) is 11.9. The van der Waals surface area contributed by atoms with E-state index in [2.05, 4.69) is 10.1 Å². The van der Waals surface area contributed by atoms with Crippen LogP contribution in [-0.4, -0.2) is 40.2 Å². The standard InChI is InChI=1S/C12H17N3O2/c13-12(14-17)10-3-1-9(2-4-10)7-15-6-5-11(16)8-15/h1-4,11,16-17H,5-8H2,(H2,13,14). The summed E-state index contributed by atoms with van der Waals surface area (Å²) >= 11 is 0. The quantitative estimate of drug-likeness (QED) is 0.305. The van der Waals surface area contributed by atoms with E-state index in [0.29, 0.717) is 5.56 Å². The maximum absolute atomic E-state index is 9.42. The molecule has 0 amide bonds. The van der Waals surface area contributed by atoms with Crippen LogP contribution in [0.1, 0.15) is 17.5 Å². The third kappa shape index (κ3) is 2.95. The van der Waals surface area contributed by atoms with E-state index in [4.69, 9.17) is 10.9 Å². The molecule has 5 heteroatoms. The van der Waals surface area contributed by atoms with Gasteiger partial charge in [-0.25, -0.2) is 0 Å². The molecular weight excluding hydrogens is 218 g/mol. The van der Waals surface area contributed by atoms with Crippen molar-refractivity contribution in [3.8, 4) is 0 Å². The Labute approximate surface area is 100 Å². The highest BCUT2D eigenvalue weighted by molar-refractivity contribution is 5.96. The molecule has 0 bridgehead atoms. The van der Waals surface area contributed by atoms with E-state index in [1.54, 1.807) is 0 Å². The largest absolute Gasteiger partial charge is 0.409 e. The number of hydrogen-bond donors (Lipinski definition) is 3. The van der Waals surface area contributed by atoms with Crippen molar-refractivity contribution in [2.75, 3.05) is 13.1 Å². The molecule has 5 nitrogen and oxygen atoms in total. The topological polar surface area (TPSA) is 82.1 Å². The fourth-order valence-corrected chi connectivity index (χ4v) is 2.05. The maximum Gasteiger partial charge on any atom is 0.170 e. The van der Waals surface area contributed by atoms with Gasteiger partial charge in [-0.3, -0.25) is 4.90 Å². The lowest BCUT2D eigenvalue weighted by atomic mass is 10.1. The molecule has 1 saturated heterocycles. The Hall–Kier alpha value is -1.59. The average Bonchev–Trinajstić information content (AvgIpc) is 2.75. The first-order valence-electron chi connectivity index (χ1n) is 5.66. The number of nitrogens with zero attached hydrogens (tertiary/aromatic N) is 2. The smallest absolute Gasteiger partial charge is 0.170 e. The van der Waals surface area contributed by atoms with Gasteiger partial charge in [0.15, 0.2) is 5.84 Å². The second kappa shape index (κ2) is 5.16. The Morgan fingerprint density at radius 3 is 2.65 bits per heavy atom.